The van der Waals surface area contributed by atoms with Crippen LogP contribution >= 0.6 is 0 Å². The number of ether oxygens (including phenoxy) is 1. The van der Waals surface area contributed by atoms with Gasteiger partial charge in [0.2, 0.25) is 15.9 Å². The fourth-order valence-electron chi connectivity index (χ4n) is 3.15. The first kappa shape index (κ1) is 19.7. The Kier molecular flexibility index (Phi) is 6.84. The maximum Gasteiger partial charge on any atom is 0.240 e. The predicted octanol–water partition coefficient (Wildman–Crippen LogP) is 2.33. The summed E-state index contributed by atoms with van der Waals surface area (Å²) in [6.45, 7) is 5.33. The molecule has 1 heterocycles. The van der Waals surface area contributed by atoms with E-state index in [1.54, 1.807) is 25.3 Å². The second kappa shape index (κ2) is 8.67. The molecular formula is C18H28N2O4S. The van der Waals surface area contributed by atoms with Gasteiger partial charge in [-0.2, -0.15) is 0 Å². The Morgan fingerprint density at radius 1 is 1.28 bits per heavy atom. The van der Waals surface area contributed by atoms with Gasteiger partial charge in [0.15, 0.2) is 0 Å². The van der Waals surface area contributed by atoms with Crippen LogP contribution in [0, 0.1) is 0 Å². The van der Waals surface area contributed by atoms with E-state index in [2.05, 4.69) is 4.72 Å². The van der Waals surface area contributed by atoms with Crippen LogP contribution < -0.4 is 9.46 Å². The van der Waals surface area contributed by atoms with Crippen molar-refractivity contribution in [3.8, 4) is 5.75 Å². The number of hydrogen-bond donors (Lipinski definition) is 1. The number of carbonyl (C=O) groups excluding carboxylic acids is 1. The van der Waals surface area contributed by atoms with Crippen molar-refractivity contribution in [1.82, 2.24) is 9.62 Å². The standard InChI is InChI=1S/C18H28N2O4S/c1-4-11-20-12-10-15(6-9-18(20)21)19-25(22,23)16-7-8-17(24-3)14(5-2)13-16/h7-8,13,15,19H,4-6,9-12H2,1-3H3. The van der Waals surface area contributed by atoms with Crippen molar-refractivity contribution in [2.75, 3.05) is 20.2 Å². The third kappa shape index (κ3) is 4.95. The van der Waals surface area contributed by atoms with Crippen LogP contribution in [0.1, 0.15) is 45.1 Å². The number of likely N-dealkylation sites (tertiary alicyclic amines) is 1. The number of benzene rings is 1. The van der Waals surface area contributed by atoms with Crippen LogP contribution in [-0.2, 0) is 21.2 Å². The molecule has 0 saturated carbocycles. The lowest BCUT2D eigenvalue weighted by Gasteiger charge is -2.20. The van der Waals surface area contributed by atoms with Crippen LogP contribution in [0.5, 0.6) is 5.75 Å². The maximum absolute atomic E-state index is 12.7. The van der Waals surface area contributed by atoms with Crippen molar-refractivity contribution in [3.05, 3.63) is 23.8 Å². The lowest BCUT2D eigenvalue weighted by atomic mass is 10.1. The van der Waals surface area contributed by atoms with Crippen molar-refractivity contribution < 1.29 is 17.9 Å². The number of amides is 1. The lowest BCUT2D eigenvalue weighted by molar-refractivity contribution is -0.130. The van der Waals surface area contributed by atoms with E-state index >= 15 is 0 Å². The SMILES string of the molecule is CCCN1CCC(NS(=O)(=O)c2ccc(OC)c(CC)c2)CCC1=O. The molecule has 1 unspecified atom stereocenters. The molecule has 25 heavy (non-hydrogen) atoms. The van der Waals surface area contributed by atoms with Gasteiger partial charge < -0.3 is 9.64 Å². The lowest BCUT2D eigenvalue weighted by Crippen LogP contribution is -2.36. The monoisotopic (exact) mass is 368 g/mol. The largest absolute Gasteiger partial charge is 0.496 e. The molecule has 1 N–H and O–H groups in total. The van der Waals surface area contributed by atoms with Crippen molar-refractivity contribution in [2.45, 2.75) is 56.9 Å². The molecule has 1 atom stereocenters. The fourth-order valence-corrected chi connectivity index (χ4v) is 4.50. The zero-order valence-corrected chi connectivity index (χ0v) is 16.1. The highest BCUT2D eigenvalue weighted by Gasteiger charge is 2.26. The molecule has 0 aliphatic carbocycles. The summed E-state index contributed by atoms with van der Waals surface area (Å²) < 4.78 is 33.5. The van der Waals surface area contributed by atoms with Crippen molar-refractivity contribution in [3.63, 3.8) is 0 Å². The van der Waals surface area contributed by atoms with E-state index in [4.69, 9.17) is 4.74 Å². The molecule has 0 radical (unpaired) electrons. The van der Waals surface area contributed by atoms with Crippen LogP contribution in [-0.4, -0.2) is 45.5 Å². The number of methoxy groups -OCH3 is 1. The summed E-state index contributed by atoms with van der Waals surface area (Å²) in [7, 11) is -2.04. The highest BCUT2D eigenvalue weighted by Crippen LogP contribution is 2.24. The van der Waals surface area contributed by atoms with Crippen LogP contribution in [0.2, 0.25) is 0 Å². The van der Waals surface area contributed by atoms with Gasteiger partial charge >= 0.3 is 0 Å². The Bertz CT molecular complexity index is 703. The van der Waals surface area contributed by atoms with Gasteiger partial charge in [0.1, 0.15) is 5.75 Å². The summed E-state index contributed by atoms with van der Waals surface area (Å²) in [6, 6.07) is 4.69. The first-order valence-electron chi connectivity index (χ1n) is 8.88. The van der Waals surface area contributed by atoms with Crippen molar-refractivity contribution in [1.29, 1.82) is 0 Å². The molecule has 1 saturated heterocycles. The van der Waals surface area contributed by atoms with E-state index in [1.165, 1.54) is 0 Å². The minimum atomic E-state index is -3.62. The molecule has 1 aliphatic rings. The van der Waals surface area contributed by atoms with Crippen LogP contribution in [0.15, 0.2) is 23.1 Å². The van der Waals surface area contributed by atoms with Crippen molar-refractivity contribution >= 4 is 15.9 Å². The smallest absolute Gasteiger partial charge is 0.240 e. The van der Waals surface area contributed by atoms with Crippen LogP contribution in [0.4, 0.5) is 0 Å². The Hall–Kier alpha value is -1.60. The van der Waals surface area contributed by atoms with Gasteiger partial charge in [-0.25, -0.2) is 13.1 Å². The van der Waals surface area contributed by atoms with Crippen molar-refractivity contribution in [2.24, 2.45) is 0 Å². The van der Waals surface area contributed by atoms with E-state index in [1.807, 2.05) is 18.7 Å². The van der Waals surface area contributed by atoms with Crippen LogP contribution in [0.3, 0.4) is 0 Å². The van der Waals surface area contributed by atoms with Crippen LogP contribution in [0.25, 0.3) is 0 Å². The Morgan fingerprint density at radius 2 is 2.04 bits per heavy atom. The molecule has 140 valence electrons. The highest BCUT2D eigenvalue weighted by atomic mass is 32.2. The summed E-state index contributed by atoms with van der Waals surface area (Å²) in [5, 5.41) is 0. The molecule has 7 heteroatoms. The second-order valence-corrected chi connectivity index (χ2v) is 8.07. The number of carbonyl (C=O) groups is 1. The topological polar surface area (TPSA) is 75.7 Å². The van der Waals surface area contributed by atoms with E-state index in [0.29, 0.717) is 38.0 Å². The number of hydrogen-bond acceptors (Lipinski definition) is 4. The first-order chi connectivity index (χ1) is 11.9. The van der Waals surface area contributed by atoms with Gasteiger partial charge in [0.05, 0.1) is 12.0 Å². The molecule has 1 aromatic rings. The molecule has 1 aliphatic heterocycles. The highest BCUT2D eigenvalue weighted by molar-refractivity contribution is 7.89. The van der Waals surface area contributed by atoms with E-state index in [-0.39, 0.29) is 16.8 Å². The Labute approximate surface area is 150 Å². The molecule has 1 aromatic carbocycles. The van der Waals surface area contributed by atoms with Gasteiger partial charge in [0, 0.05) is 25.6 Å². The average Bonchev–Trinajstić information content (AvgIpc) is 2.77. The molecule has 0 spiro atoms. The van der Waals surface area contributed by atoms with Gasteiger partial charge in [-0.05, 0) is 49.4 Å². The summed E-state index contributed by atoms with van der Waals surface area (Å²) in [5.74, 6) is 0.804. The number of nitrogens with one attached hydrogen (secondary N) is 1. The summed E-state index contributed by atoms with van der Waals surface area (Å²) in [6.07, 6.45) is 3.16. The molecule has 0 bridgehead atoms. The maximum atomic E-state index is 12.7. The minimum Gasteiger partial charge on any atom is -0.496 e. The number of rotatable bonds is 7. The molecular weight excluding hydrogens is 340 g/mol. The number of nitrogens with zero attached hydrogens (tertiary/aromatic N) is 1. The number of sulfonamides is 1. The van der Waals surface area contributed by atoms with E-state index < -0.39 is 10.0 Å². The zero-order valence-electron chi connectivity index (χ0n) is 15.2. The molecule has 6 nitrogen and oxygen atoms in total. The average molecular weight is 368 g/mol. The molecule has 1 fully saturated rings. The second-order valence-electron chi connectivity index (χ2n) is 6.35. The van der Waals surface area contributed by atoms with Gasteiger partial charge in [0.25, 0.3) is 0 Å². The normalized spacial score (nSPS) is 18.9. The summed E-state index contributed by atoms with van der Waals surface area (Å²) in [5.41, 5.74) is 0.857. The predicted molar refractivity (Wildman–Crippen MR) is 97.2 cm³/mol. The quantitative estimate of drug-likeness (QED) is 0.801. The van der Waals surface area contributed by atoms with E-state index in [9.17, 15) is 13.2 Å². The third-order valence-electron chi connectivity index (χ3n) is 4.57. The minimum absolute atomic E-state index is 0.112. The first-order valence-corrected chi connectivity index (χ1v) is 10.4. The Morgan fingerprint density at radius 3 is 2.68 bits per heavy atom. The number of aryl methyl sites for hydroxylation is 1. The summed E-state index contributed by atoms with van der Waals surface area (Å²) in [4.78, 5) is 14.1. The van der Waals surface area contributed by atoms with Gasteiger partial charge in [-0.15, -0.1) is 0 Å². The third-order valence-corrected chi connectivity index (χ3v) is 6.08. The Balaban J connectivity index is 2.12. The molecule has 1 amide bonds. The zero-order chi connectivity index (χ0) is 18.4. The molecule has 0 aromatic heterocycles. The fraction of sp³-hybridized carbons (Fsp3) is 0.611. The van der Waals surface area contributed by atoms with Gasteiger partial charge in [-0.3, -0.25) is 4.79 Å². The molecule has 2 rings (SSSR count). The van der Waals surface area contributed by atoms with Gasteiger partial charge in [-0.1, -0.05) is 13.8 Å². The summed E-state index contributed by atoms with van der Waals surface area (Å²) >= 11 is 0. The van der Waals surface area contributed by atoms with E-state index in [0.717, 1.165) is 18.5 Å².